The van der Waals surface area contributed by atoms with Gasteiger partial charge in [-0.1, -0.05) is 30.3 Å². The number of ether oxygens (including phenoxy) is 1. The van der Waals surface area contributed by atoms with E-state index in [-0.39, 0.29) is 5.91 Å². The Bertz CT molecular complexity index is 1600. The molecule has 0 spiro atoms. The summed E-state index contributed by atoms with van der Waals surface area (Å²) in [6.07, 6.45) is 3.18. The molecule has 0 unspecified atom stereocenters. The van der Waals surface area contributed by atoms with Crippen molar-refractivity contribution in [1.82, 2.24) is 20.6 Å². The number of anilines is 1. The van der Waals surface area contributed by atoms with Gasteiger partial charge in [0.1, 0.15) is 10.0 Å². The van der Waals surface area contributed by atoms with Crippen LogP contribution in [0.4, 0.5) is 5.00 Å². The van der Waals surface area contributed by atoms with Crippen LogP contribution in [0.25, 0.3) is 42.8 Å². The Kier molecular flexibility index (Phi) is 7.44. The van der Waals surface area contributed by atoms with Crippen LogP contribution in [0.2, 0.25) is 0 Å². The number of nitrogens with zero attached hydrogens (tertiary/aromatic N) is 2. The zero-order chi connectivity index (χ0) is 25.9. The van der Waals surface area contributed by atoms with Gasteiger partial charge < -0.3 is 20.7 Å². The van der Waals surface area contributed by atoms with Crippen molar-refractivity contribution in [3.05, 3.63) is 65.2 Å². The number of carbonyl (C=O) groups is 1. The lowest BCUT2D eigenvalue weighted by Gasteiger charge is -2.13. The van der Waals surface area contributed by atoms with Crippen molar-refractivity contribution in [1.29, 1.82) is 0 Å². The number of pyridine rings is 1. The average molecular weight is 544 g/mol. The summed E-state index contributed by atoms with van der Waals surface area (Å²) in [5, 5.41) is 12.9. The van der Waals surface area contributed by atoms with Gasteiger partial charge in [0.2, 0.25) is 5.91 Å². The number of aromatic nitrogens is 2. The van der Waals surface area contributed by atoms with Crippen molar-refractivity contribution in [2.45, 2.75) is 19.4 Å². The molecule has 4 heterocycles. The molecule has 0 radical (unpaired) electrons. The SMILES string of the molecule is COCCNCCC(=O)Nc1sc2c(c1-c1nc3ccc(-c4cccc5cccnc45)cc3s1)CCNC2. The fraction of sp³-hybridized carbons (Fsp3) is 0.276. The Hall–Kier alpha value is -3.21. The van der Waals surface area contributed by atoms with Gasteiger partial charge in [0.25, 0.3) is 0 Å². The van der Waals surface area contributed by atoms with Crippen LogP contribution in [0, 0.1) is 0 Å². The maximum atomic E-state index is 12.8. The molecule has 1 aliphatic rings. The Balaban J connectivity index is 1.32. The lowest BCUT2D eigenvalue weighted by Crippen LogP contribution is -2.24. The second-order valence-electron chi connectivity index (χ2n) is 9.26. The van der Waals surface area contributed by atoms with Gasteiger partial charge in [0, 0.05) is 60.8 Å². The summed E-state index contributed by atoms with van der Waals surface area (Å²) in [5.41, 5.74) is 6.60. The number of amides is 1. The number of rotatable bonds is 9. The minimum atomic E-state index is 0.00887. The van der Waals surface area contributed by atoms with Crippen LogP contribution in [0.5, 0.6) is 0 Å². The third kappa shape index (κ3) is 5.08. The topological polar surface area (TPSA) is 88.2 Å². The molecule has 1 amide bonds. The Morgan fingerprint density at radius 2 is 2.05 bits per heavy atom. The molecule has 194 valence electrons. The second-order valence-corrected chi connectivity index (χ2v) is 11.4. The highest BCUT2D eigenvalue weighted by molar-refractivity contribution is 7.23. The summed E-state index contributed by atoms with van der Waals surface area (Å²) in [7, 11) is 1.67. The predicted octanol–water partition coefficient (Wildman–Crippen LogP) is 5.45. The van der Waals surface area contributed by atoms with Crippen molar-refractivity contribution >= 4 is 54.7 Å². The van der Waals surface area contributed by atoms with Gasteiger partial charge >= 0.3 is 0 Å². The highest BCUT2D eigenvalue weighted by Gasteiger charge is 2.25. The van der Waals surface area contributed by atoms with Gasteiger partial charge in [-0.15, -0.1) is 22.7 Å². The molecule has 2 aromatic carbocycles. The summed E-state index contributed by atoms with van der Waals surface area (Å²) in [4.78, 5) is 23.8. The van der Waals surface area contributed by atoms with Crippen LogP contribution in [0.1, 0.15) is 16.9 Å². The molecule has 1 aliphatic heterocycles. The van der Waals surface area contributed by atoms with E-state index in [0.29, 0.717) is 19.6 Å². The quantitative estimate of drug-likeness (QED) is 0.214. The van der Waals surface area contributed by atoms with E-state index in [1.807, 2.05) is 12.3 Å². The van der Waals surface area contributed by atoms with Gasteiger partial charge in [0.05, 0.1) is 22.3 Å². The van der Waals surface area contributed by atoms with E-state index in [1.54, 1.807) is 29.8 Å². The zero-order valence-corrected chi connectivity index (χ0v) is 22.8. The van der Waals surface area contributed by atoms with Crippen molar-refractivity contribution in [3.8, 4) is 21.7 Å². The van der Waals surface area contributed by atoms with Crippen molar-refractivity contribution < 1.29 is 9.53 Å². The largest absolute Gasteiger partial charge is 0.383 e. The first-order chi connectivity index (χ1) is 18.7. The number of nitrogens with one attached hydrogen (secondary N) is 3. The van der Waals surface area contributed by atoms with Gasteiger partial charge in [-0.25, -0.2) is 4.98 Å². The molecular formula is C29H29N5O2S2. The summed E-state index contributed by atoms with van der Waals surface area (Å²) in [6.45, 7) is 3.73. The van der Waals surface area contributed by atoms with Crippen LogP contribution in [-0.4, -0.2) is 49.2 Å². The summed E-state index contributed by atoms with van der Waals surface area (Å²) >= 11 is 3.35. The molecule has 9 heteroatoms. The van der Waals surface area contributed by atoms with Gasteiger partial charge in [-0.05, 0) is 42.3 Å². The highest BCUT2D eigenvalue weighted by Crippen LogP contribution is 2.45. The maximum absolute atomic E-state index is 12.8. The Morgan fingerprint density at radius 1 is 1.13 bits per heavy atom. The van der Waals surface area contributed by atoms with Crippen LogP contribution < -0.4 is 16.0 Å². The molecule has 38 heavy (non-hydrogen) atoms. The molecule has 5 aromatic rings. The van der Waals surface area contributed by atoms with E-state index in [2.05, 4.69) is 63.4 Å². The second kappa shape index (κ2) is 11.3. The van der Waals surface area contributed by atoms with E-state index < -0.39 is 0 Å². The molecule has 0 saturated heterocycles. The first-order valence-electron chi connectivity index (χ1n) is 12.8. The van der Waals surface area contributed by atoms with Crippen LogP contribution >= 0.6 is 22.7 Å². The number of methoxy groups -OCH3 is 1. The van der Waals surface area contributed by atoms with Crippen LogP contribution in [0.15, 0.2) is 54.7 Å². The number of hydrogen-bond donors (Lipinski definition) is 3. The summed E-state index contributed by atoms with van der Waals surface area (Å²) in [6, 6.07) is 16.8. The number of thiophene rings is 1. The molecule has 3 aromatic heterocycles. The van der Waals surface area contributed by atoms with Crippen molar-refractivity contribution in [2.75, 3.05) is 38.7 Å². The lowest BCUT2D eigenvalue weighted by molar-refractivity contribution is -0.116. The molecule has 7 nitrogen and oxygen atoms in total. The van der Waals surface area contributed by atoms with E-state index in [9.17, 15) is 4.79 Å². The minimum Gasteiger partial charge on any atom is -0.383 e. The molecule has 3 N–H and O–H groups in total. The maximum Gasteiger partial charge on any atom is 0.226 e. The summed E-state index contributed by atoms with van der Waals surface area (Å²) in [5.74, 6) is 0.00887. The van der Waals surface area contributed by atoms with E-state index in [1.165, 1.54) is 10.4 Å². The molecular weight excluding hydrogens is 514 g/mol. The number of para-hydroxylation sites is 1. The summed E-state index contributed by atoms with van der Waals surface area (Å²) < 4.78 is 6.18. The first-order valence-corrected chi connectivity index (χ1v) is 14.4. The van der Waals surface area contributed by atoms with Crippen molar-refractivity contribution in [3.63, 3.8) is 0 Å². The Morgan fingerprint density at radius 3 is 2.97 bits per heavy atom. The third-order valence-electron chi connectivity index (χ3n) is 6.74. The lowest BCUT2D eigenvalue weighted by atomic mass is 10.0. The number of thiazole rings is 1. The van der Waals surface area contributed by atoms with Crippen molar-refractivity contribution in [2.24, 2.45) is 0 Å². The number of hydrogen-bond acceptors (Lipinski definition) is 8. The number of carbonyl (C=O) groups excluding carboxylic acids is 1. The third-order valence-corrected chi connectivity index (χ3v) is 8.92. The molecule has 0 aliphatic carbocycles. The molecule has 0 bridgehead atoms. The highest BCUT2D eigenvalue weighted by atomic mass is 32.1. The Labute approximate surface area is 229 Å². The van der Waals surface area contributed by atoms with Gasteiger partial charge in [0.15, 0.2) is 0 Å². The predicted molar refractivity (Wildman–Crippen MR) is 157 cm³/mol. The molecule has 6 rings (SSSR count). The first kappa shape index (κ1) is 25.1. The molecule has 0 fully saturated rings. The number of fused-ring (bicyclic) bond motifs is 3. The van der Waals surface area contributed by atoms with Gasteiger partial charge in [-0.3, -0.25) is 9.78 Å². The fourth-order valence-corrected chi connectivity index (χ4v) is 7.26. The van der Waals surface area contributed by atoms with E-state index >= 15 is 0 Å². The van der Waals surface area contributed by atoms with Crippen LogP contribution in [0.3, 0.4) is 0 Å². The number of benzene rings is 2. The van der Waals surface area contributed by atoms with Gasteiger partial charge in [-0.2, -0.15) is 0 Å². The monoisotopic (exact) mass is 543 g/mol. The van der Waals surface area contributed by atoms with Crippen LogP contribution in [-0.2, 0) is 22.5 Å². The normalized spacial score (nSPS) is 13.2. The minimum absolute atomic E-state index is 0.00887. The standard InChI is InChI=1S/C29H29N5O2S2/c1-36-15-14-30-13-10-25(35)34-29-26(21-9-12-31-17-24(21)38-29)28-33-22-8-7-19(16-23(22)37-28)20-6-2-4-18-5-3-11-32-27(18)20/h2-8,11,16,30-31H,9-10,12-15,17H2,1H3,(H,34,35). The molecule has 0 saturated carbocycles. The smallest absolute Gasteiger partial charge is 0.226 e. The fourth-order valence-electron chi connectivity index (χ4n) is 4.88. The zero-order valence-electron chi connectivity index (χ0n) is 21.2. The van der Waals surface area contributed by atoms with E-state index in [4.69, 9.17) is 9.72 Å². The molecule has 0 atom stereocenters. The average Bonchev–Trinajstić information content (AvgIpc) is 3.52. The van der Waals surface area contributed by atoms with E-state index in [0.717, 1.165) is 73.9 Å².